The summed E-state index contributed by atoms with van der Waals surface area (Å²) in [5.74, 6) is 0.968. The Labute approximate surface area is 205 Å². The average Bonchev–Trinajstić information content (AvgIpc) is 3.25. The van der Waals surface area contributed by atoms with Crippen LogP contribution in [0.4, 0.5) is 8.78 Å². The molecule has 1 atom stereocenters. The molecule has 1 aliphatic heterocycles. The van der Waals surface area contributed by atoms with Crippen LogP contribution in [0.15, 0.2) is 46.4 Å². The molecule has 2 aromatic rings. The lowest BCUT2D eigenvalue weighted by molar-refractivity contribution is 0.0425. The summed E-state index contributed by atoms with van der Waals surface area (Å²) in [6, 6.07) is 12.4. The van der Waals surface area contributed by atoms with E-state index in [2.05, 4.69) is 12.2 Å². The second-order valence-electron chi connectivity index (χ2n) is 9.32. The van der Waals surface area contributed by atoms with Crippen molar-refractivity contribution in [2.24, 2.45) is 15.9 Å². The van der Waals surface area contributed by atoms with Crippen LogP contribution in [0.2, 0.25) is 0 Å². The summed E-state index contributed by atoms with van der Waals surface area (Å²) >= 11 is 0. The number of rotatable bonds is 6. The minimum absolute atomic E-state index is 0.155. The number of methoxy groups -OCH3 is 1. The molecule has 7 heteroatoms. The zero-order chi connectivity index (χ0) is 25.2. The molecule has 1 N–H and O–H groups in total. The quantitative estimate of drug-likeness (QED) is 0.539. The van der Waals surface area contributed by atoms with Gasteiger partial charge in [-0.3, -0.25) is 4.99 Å². The number of amidine groups is 1. The molecule has 184 valence electrons. The van der Waals surface area contributed by atoms with Crippen LogP contribution in [-0.4, -0.2) is 31.8 Å². The molecule has 1 saturated carbocycles. The van der Waals surface area contributed by atoms with Gasteiger partial charge in [-0.25, -0.2) is 13.8 Å². The summed E-state index contributed by atoms with van der Waals surface area (Å²) in [5.41, 5.74) is 3.66. The fourth-order valence-electron chi connectivity index (χ4n) is 5.46. The molecule has 1 heterocycles. The highest BCUT2D eigenvalue weighted by Crippen LogP contribution is 2.48. The number of aryl methyl sites for hydroxylation is 1. The molecule has 0 bridgehead atoms. The van der Waals surface area contributed by atoms with Gasteiger partial charge < -0.3 is 10.1 Å². The van der Waals surface area contributed by atoms with Crippen molar-refractivity contribution in [3.63, 3.8) is 0 Å². The monoisotopic (exact) mass is 478 g/mol. The third-order valence-corrected chi connectivity index (χ3v) is 7.33. The van der Waals surface area contributed by atoms with Crippen molar-refractivity contribution in [1.82, 2.24) is 5.32 Å². The van der Waals surface area contributed by atoms with Crippen LogP contribution in [0.5, 0.6) is 0 Å². The normalized spacial score (nSPS) is 24.2. The van der Waals surface area contributed by atoms with Gasteiger partial charge in [0.05, 0.1) is 23.4 Å². The number of alkyl halides is 2. The molecular weight excluding hydrogens is 446 g/mol. The number of nitrogens with one attached hydrogen (secondary N) is 1. The maximum atomic E-state index is 13.6. The number of aliphatic imine (C=N–C) groups is 2. The van der Waals surface area contributed by atoms with E-state index in [1.807, 2.05) is 38.2 Å². The number of halogens is 2. The molecule has 2 aliphatic rings. The van der Waals surface area contributed by atoms with Crippen molar-refractivity contribution in [3.8, 4) is 17.2 Å². The molecule has 0 radical (unpaired) electrons. The third kappa shape index (κ3) is 4.72. The summed E-state index contributed by atoms with van der Waals surface area (Å²) in [6.07, 6.45) is 2.16. The molecule has 1 fully saturated rings. The molecule has 2 aromatic carbocycles. The zero-order valence-corrected chi connectivity index (χ0v) is 20.7. The number of nitrogens with zero attached hydrogens (tertiary/aromatic N) is 3. The molecule has 0 aromatic heterocycles. The van der Waals surface area contributed by atoms with Gasteiger partial charge in [-0.2, -0.15) is 5.26 Å². The van der Waals surface area contributed by atoms with E-state index in [-0.39, 0.29) is 23.1 Å². The maximum Gasteiger partial charge on any atom is 0.263 e. The third-order valence-electron chi connectivity index (χ3n) is 7.33. The maximum absolute atomic E-state index is 13.6. The van der Waals surface area contributed by atoms with Crippen molar-refractivity contribution in [1.29, 1.82) is 5.26 Å². The molecule has 1 aliphatic carbocycles. The summed E-state index contributed by atoms with van der Waals surface area (Å²) < 4.78 is 32.7. The van der Waals surface area contributed by atoms with E-state index in [4.69, 9.17) is 14.7 Å². The number of hydrogen-bond donors (Lipinski definition) is 1. The van der Waals surface area contributed by atoms with Crippen LogP contribution in [0.3, 0.4) is 0 Å². The van der Waals surface area contributed by atoms with Crippen LogP contribution in [-0.2, 0) is 16.8 Å². The van der Waals surface area contributed by atoms with Crippen LogP contribution in [0.1, 0.15) is 68.2 Å². The zero-order valence-electron chi connectivity index (χ0n) is 20.7. The molecule has 35 heavy (non-hydrogen) atoms. The van der Waals surface area contributed by atoms with Crippen molar-refractivity contribution < 1.29 is 13.5 Å². The largest absolute Gasteiger partial charge is 0.381 e. The standard InChI is InChI=1S/C28H32F2N4O/c1-5-19-6-7-20(21-12-18(16-31)13-22(14-21)26(29)30)15-25(19)28(33-17(2)27(32-3)34-28)23-8-10-24(35-4)11-9-23/h6-7,12-15,23-24,26H,5,8-11H2,1-4H3,(H,32,34). The number of benzene rings is 2. The van der Waals surface area contributed by atoms with E-state index in [0.29, 0.717) is 5.56 Å². The molecule has 0 spiro atoms. The molecule has 4 rings (SSSR count). The predicted octanol–water partition coefficient (Wildman–Crippen LogP) is 6.18. The van der Waals surface area contributed by atoms with Gasteiger partial charge in [-0.15, -0.1) is 0 Å². The Morgan fingerprint density at radius 2 is 1.86 bits per heavy atom. The topological polar surface area (TPSA) is 69.8 Å². The predicted molar refractivity (Wildman–Crippen MR) is 135 cm³/mol. The molecule has 1 unspecified atom stereocenters. The number of hydrogen-bond acceptors (Lipinski definition) is 5. The lowest BCUT2D eigenvalue weighted by Gasteiger charge is -2.38. The lowest BCUT2D eigenvalue weighted by Crippen LogP contribution is -2.36. The first-order valence-electron chi connectivity index (χ1n) is 12.2. The van der Waals surface area contributed by atoms with E-state index >= 15 is 0 Å². The minimum atomic E-state index is -2.65. The van der Waals surface area contributed by atoms with Crippen molar-refractivity contribution >= 4 is 11.5 Å². The van der Waals surface area contributed by atoms with Gasteiger partial charge in [0.1, 0.15) is 5.84 Å². The summed E-state index contributed by atoms with van der Waals surface area (Å²) in [4.78, 5) is 10.4. The summed E-state index contributed by atoms with van der Waals surface area (Å²) in [6.45, 7) is 4.08. The van der Waals surface area contributed by atoms with Gasteiger partial charge in [0, 0.05) is 31.2 Å². The lowest BCUT2D eigenvalue weighted by atomic mass is 9.74. The Bertz CT molecular complexity index is 1190. The van der Waals surface area contributed by atoms with Crippen molar-refractivity contribution in [2.45, 2.75) is 64.1 Å². The summed E-state index contributed by atoms with van der Waals surface area (Å²) in [7, 11) is 3.61. The average molecular weight is 479 g/mol. The van der Waals surface area contributed by atoms with E-state index in [1.165, 1.54) is 12.1 Å². The number of ether oxygens (including phenoxy) is 1. The Balaban J connectivity index is 1.88. The molecule has 5 nitrogen and oxygen atoms in total. The SMILES string of the molecule is CCc1ccc(-c2cc(C#N)cc(C(F)F)c2)cc1C1(C2CCC(OC)CC2)N=C(C)C(NC)=N1. The van der Waals surface area contributed by atoms with Crippen molar-refractivity contribution in [3.05, 3.63) is 58.7 Å². The molecule has 0 saturated heterocycles. The second kappa shape index (κ2) is 10.2. The highest BCUT2D eigenvalue weighted by molar-refractivity contribution is 6.41. The van der Waals surface area contributed by atoms with E-state index in [1.54, 1.807) is 13.2 Å². The van der Waals surface area contributed by atoms with E-state index in [9.17, 15) is 14.0 Å². The minimum Gasteiger partial charge on any atom is -0.381 e. The highest BCUT2D eigenvalue weighted by atomic mass is 19.3. The second-order valence-corrected chi connectivity index (χ2v) is 9.32. The Kier molecular flexibility index (Phi) is 7.32. The Morgan fingerprint density at radius 1 is 1.11 bits per heavy atom. The van der Waals surface area contributed by atoms with Crippen LogP contribution in [0.25, 0.3) is 11.1 Å². The van der Waals surface area contributed by atoms with Crippen LogP contribution >= 0.6 is 0 Å². The van der Waals surface area contributed by atoms with Crippen molar-refractivity contribution in [2.75, 3.05) is 14.2 Å². The van der Waals surface area contributed by atoms with E-state index in [0.717, 1.165) is 60.3 Å². The fraction of sp³-hybridized carbons (Fsp3) is 0.464. The van der Waals surface area contributed by atoms with Gasteiger partial charge in [0.25, 0.3) is 6.43 Å². The first-order valence-corrected chi connectivity index (χ1v) is 12.2. The fourth-order valence-corrected chi connectivity index (χ4v) is 5.46. The summed E-state index contributed by atoms with van der Waals surface area (Å²) in [5, 5.41) is 12.6. The van der Waals surface area contributed by atoms with Crippen LogP contribution in [0, 0.1) is 17.2 Å². The van der Waals surface area contributed by atoms with Gasteiger partial charge in [-0.1, -0.05) is 19.1 Å². The first kappa shape index (κ1) is 25.0. The Hall–Kier alpha value is -3.11. The van der Waals surface area contributed by atoms with Gasteiger partial charge in [0.2, 0.25) is 0 Å². The molecule has 0 amide bonds. The highest BCUT2D eigenvalue weighted by Gasteiger charge is 2.46. The Morgan fingerprint density at radius 3 is 2.43 bits per heavy atom. The number of nitriles is 1. The van der Waals surface area contributed by atoms with Crippen LogP contribution < -0.4 is 5.32 Å². The smallest absolute Gasteiger partial charge is 0.263 e. The van der Waals surface area contributed by atoms with Gasteiger partial charge >= 0.3 is 0 Å². The first-order chi connectivity index (χ1) is 16.8. The molecular formula is C28H32F2N4O. The van der Waals surface area contributed by atoms with E-state index < -0.39 is 12.1 Å². The van der Waals surface area contributed by atoms with Gasteiger partial charge in [0.15, 0.2) is 5.66 Å². The van der Waals surface area contributed by atoms with Gasteiger partial charge in [-0.05, 0) is 80.0 Å².